The van der Waals surface area contributed by atoms with Crippen molar-refractivity contribution >= 4 is 38.2 Å². The number of halogens is 1. The number of hydrogen-bond acceptors (Lipinski definition) is 5. The molecule has 1 aliphatic carbocycles. The van der Waals surface area contributed by atoms with E-state index < -0.39 is 10.0 Å². The number of pyridine rings is 1. The lowest BCUT2D eigenvalue weighted by Gasteiger charge is -2.12. The molecule has 4 aromatic rings. The quantitative estimate of drug-likeness (QED) is 0.275. The van der Waals surface area contributed by atoms with Gasteiger partial charge in [0, 0.05) is 29.4 Å². The lowest BCUT2D eigenvalue weighted by Crippen LogP contribution is -2.15. The zero-order valence-corrected chi connectivity index (χ0v) is 20.6. The fourth-order valence-electron chi connectivity index (χ4n) is 4.23. The second-order valence-electron chi connectivity index (χ2n) is 8.51. The number of sulfonamides is 1. The second-order valence-corrected chi connectivity index (χ2v) is 10.7. The van der Waals surface area contributed by atoms with Crippen LogP contribution in [0.1, 0.15) is 37.8 Å². The van der Waals surface area contributed by atoms with Gasteiger partial charge in [0.15, 0.2) is 10.9 Å². The van der Waals surface area contributed by atoms with E-state index in [4.69, 9.17) is 16.3 Å². The van der Waals surface area contributed by atoms with Crippen LogP contribution in [-0.2, 0) is 10.0 Å². The highest BCUT2D eigenvalue weighted by atomic mass is 35.5. The summed E-state index contributed by atoms with van der Waals surface area (Å²) in [5.74, 6) is 1.13. The van der Waals surface area contributed by atoms with Crippen LogP contribution in [0.3, 0.4) is 0 Å². The third-order valence-electron chi connectivity index (χ3n) is 5.86. The zero-order valence-electron chi connectivity index (χ0n) is 19.0. The summed E-state index contributed by atoms with van der Waals surface area (Å²) in [6.45, 7) is 1.82. The number of nitrogens with zero attached hydrogens (tertiary/aromatic N) is 3. The molecule has 0 unspecified atom stereocenters. The molecule has 0 amide bonds. The van der Waals surface area contributed by atoms with Gasteiger partial charge in [0.25, 0.3) is 0 Å². The minimum atomic E-state index is -3.38. The molecule has 9 heteroatoms. The number of ether oxygens (including phenoxy) is 1. The lowest BCUT2D eigenvalue weighted by atomic mass is 10.1. The third kappa shape index (κ3) is 4.70. The number of hydrogen-bond donors (Lipinski definition) is 1. The normalized spacial score (nSPS) is 13.5. The van der Waals surface area contributed by atoms with Gasteiger partial charge < -0.3 is 9.30 Å². The number of fused-ring (bicyclic) bond motifs is 1. The molecular weight excluding hydrogens is 484 g/mol. The first-order valence-corrected chi connectivity index (χ1v) is 13.4. The minimum absolute atomic E-state index is 0.0674. The van der Waals surface area contributed by atoms with E-state index in [1.807, 2.05) is 37.3 Å². The van der Waals surface area contributed by atoms with Crippen molar-refractivity contribution in [2.45, 2.75) is 32.2 Å². The molecule has 2 aromatic carbocycles. The first-order valence-electron chi connectivity index (χ1n) is 11.4. The zero-order chi connectivity index (χ0) is 24.6. The van der Waals surface area contributed by atoms with Gasteiger partial charge in [0.05, 0.1) is 22.5 Å². The summed E-state index contributed by atoms with van der Waals surface area (Å²) in [5.41, 5.74) is 3.66. The van der Waals surface area contributed by atoms with Crippen LogP contribution in [0.4, 0.5) is 5.69 Å². The molecule has 1 fully saturated rings. The molecule has 0 radical (unpaired) electrons. The Hall–Kier alpha value is -3.54. The average Bonchev–Trinajstić information content (AvgIpc) is 3.62. The first kappa shape index (κ1) is 23.2. The molecule has 35 heavy (non-hydrogen) atoms. The number of anilines is 1. The minimum Gasteiger partial charge on any atom is -0.454 e. The summed E-state index contributed by atoms with van der Waals surface area (Å²) in [5, 5.41) is 11.2. The molecule has 2 heterocycles. The molecule has 1 aliphatic rings. The molecular formula is C26H23ClN4O3S. The van der Waals surface area contributed by atoms with Crippen LogP contribution in [0.25, 0.3) is 22.2 Å². The van der Waals surface area contributed by atoms with Crippen molar-refractivity contribution in [3.05, 3.63) is 71.5 Å². The molecule has 0 aliphatic heterocycles. The van der Waals surface area contributed by atoms with E-state index in [1.165, 1.54) is 0 Å². The Labute approximate surface area is 209 Å². The SMILES string of the molecule is CCCS(=O)(=O)Nc1ccc(-c2c(C#N)c3ccc(Oc4cccnc4Cl)cc3n2C2CC2)cc1. The highest BCUT2D eigenvalue weighted by molar-refractivity contribution is 7.92. The Kier molecular flexibility index (Phi) is 6.13. The van der Waals surface area contributed by atoms with Crippen molar-refractivity contribution < 1.29 is 13.2 Å². The third-order valence-corrected chi connectivity index (χ3v) is 7.63. The number of nitrogens with one attached hydrogen (secondary N) is 1. The van der Waals surface area contributed by atoms with Crippen molar-refractivity contribution in [2.75, 3.05) is 10.5 Å². The highest BCUT2D eigenvalue weighted by Crippen LogP contribution is 2.46. The Balaban J connectivity index is 1.57. The first-order chi connectivity index (χ1) is 16.9. The average molecular weight is 507 g/mol. The van der Waals surface area contributed by atoms with Gasteiger partial charge in [-0.1, -0.05) is 30.7 Å². The topological polar surface area (TPSA) is 97.0 Å². The van der Waals surface area contributed by atoms with Crippen molar-refractivity contribution in [1.29, 1.82) is 5.26 Å². The van der Waals surface area contributed by atoms with Crippen molar-refractivity contribution in [1.82, 2.24) is 9.55 Å². The fraction of sp³-hybridized carbons (Fsp3) is 0.231. The molecule has 2 aromatic heterocycles. The van der Waals surface area contributed by atoms with Crippen LogP contribution in [0.2, 0.25) is 5.15 Å². The van der Waals surface area contributed by atoms with Gasteiger partial charge in [-0.3, -0.25) is 4.72 Å². The van der Waals surface area contributed by atoms with Gasteiger partial charge in [-0.25, -0.2) is 13.4 Å². The largest absolute Gasteiger partial charge is 0.454 e. The summed E-state index contributed by atoms with van der Waals surface area (Å²) >= 11 is 6.16. The van der Waals surface area contributed by atoms with Gasteiger partial charge in [-0.05, 0) is 61.2 Å². The molecule has 1 N–H and O–H groups in total. The summed E-state index contributed by atoms with van der Waals surface area (Å²) < 4.78 is 35.0. The number of rotatable bonds is 8. The maximum Gasteiger partial charge on any atom is 0.232 e. The monoisotopic (exact) mass is 506 g/mol. The Morgan fingerprint density at radius 2 is 1.97 bits per heavy atom. The van der Waals surface area contributed by atoms with E-state index in [-0.39, 0.29) is 16.9 Å². The molecule has 1 saturated carbocycles. The fourth-order valence-corrected chi connectivity index (χ4v) is 5.53. The second kappa shape index (κ2) is 9.25. The Bertz CT molecular complexity index is 1550. The molecule has 178 valence electrons. The molecule has 0 bridgehead atoms. The predicted molar refractivity (Wildman–Crippen MR) is 137 cm³/mol. The Morgan fingerprint density at radius 1 is 1.20 bits per heavy atom. The van der Waals surface area contributed by atoms with Gasteiger partial charge >= 0.3 is 0 Å². The van der Waals surface area contributed by atoms with Crippen molar-refractivity contribution in [3.8, 4) is 28.8 Å². The molecule has 7 nitrogen and oxygen atoms in total. The maximum atomic E-state index is 12.1. The Morgan fingerprint density at radius 3 is 2.63 bits per heavy atom. The summed E-state index contributed by atoms with van der Waals surface area (Å²) in [6.07, 6.45) is 4.19. The highest BCUT2D eigenvalue weighted by Gasteiger charge is 2.31. The lowest BCUT2D eigenvalue weighted by molar-refractivity contribution is 0.481. The van der Waals surface area contributed by atoms with Crippen LogP contribution in [0.15, 0.2) is 60.8 Å². The predicted octanol–water partition coefficient (Wildman–Crippen LogP) is 6.51. The molecule has 0 saturated heterocycles. The van der Waals surface area contributed by atoms with Crippen molar-refractivity contribution in [2.24, 2.45) is 0 Å². The number of nitriles is 1. The van der Waals surface area contributed by atoms with Gasteiger partial charge in [0.1, 0.15) is 11.8 Å². The molecule has 0 atom stereocenters. The van der Waals surface area contributed by atoms with E-state index in [1.54, 1.807) is 30.5 Å². The van der Waals surface area contributed by atoms with E-state index in [9.17, 15) is 13.7 Å². The van der Waals surface area contributed by atoms with E-state index >= 15 is 0 Å². The van der Waals surface area contributed by atoms with E-state index in [2.05, 4.69) is 20.3 Å². The summed E-state index contributed by atoms with van der Waals surface area (Å²) in [6, 6.07) is 19.0. The standard InChI is InChI=1S/C26H23ClN4O3S/c1-2-14-35(32,33)30-18-7-5-17(6-8-18)25-22(16-28)21-12-11-20(15-23(21)31(25)19-9-10-19)34-24-4-3-13-29-26(24)27/h3-8,11-13,15,19,30H,2,9-10,14H2,1H3. The van der Waals surface area contributed by atoms with Crippen molar-refractivity contribution in [3.63, 3.8) is 0 Å². The van der Waals surface area contributed by atoms with Crippen LogP contribution in [0.5, 0.6) is 11.5 Å². The van der Waals surface area contributed by atoms with Crippen LogP contribution < -0.4 is 9.46 Å². The van der Waals surface area contributed by atoms with Gasteiger partial charge in [0.2, 0.25) is 10.0 Å². The summed E-state index contributed by atoms with van der Waals surface area (Å²) in [4.78, 5) is 4.05. The number of benzene rings is 2. The van der Waals surface area contributed by atoms with Crippen LogP contribution >= 0.6 is 11.6 Å². The molecule has 5 rings (SSSR count). The van der Waals surface area contributed by atoms with Gasteiger partial charge in [-0.2, -0.15) is 5.26 Å². The van der Waals surface area contributed by atoms with E-state index in [0.717, 1.165) is 35.0 Å². The smallest absolute Gasteiger partial charge is 0.232 e. The maximum absolute atomic E-state index is 12.1. The molecule has 0 spiro atoms. The van der Waals surface area contributed by atoms with Gasteiger partial charge in [-0.15, -0.1) is 0 Å². The summed E-state index contributed by atoms with van der Waals surface area (Å²) in [7, 11) is -3.38. The van der Waals surface area contributed by atoms with E-state index in [0.29, 0.717) is 29.2 Å². The van der Waals surface area contributed by atoms with Crippen LogP contribution in [-0.4, -0.2) is 23.7 Å². The van der Waals surface area contributed by atoms with Crippen LogP contribution in [0, 0.1) is 11.3 Å². The number of aromatic nitrogens is 2.